The van der Waals surface area contributed by atoms with E-state index in [0.29, 0.717) is 11.3 Å². The number of aliphatic imine (C=N–C) groups is 1. The van der Waals surface area contributed by atoms with E-state index in [1.165, 1.54) is 13.0 Å². The lowest BCUT2D eigenvalue weighted by atomic mass is 10.2. The van der Waals surface area contributed by atoms with Gasteiger partial charge >= 0.3 is 0 Å². The third-order valence-corrected chi connectivity index (χ3v) is 5.54. The molecule has 0 spiro atoms. The predicted octanol–water partition coefficient (Wildman–Crippen LogP) is 0.648. The van der Waals surface area contributed by atoms with E-state index in [-0.39, 0.29) is 17.3 Å². The zero-order valence-electron chi connectivity index (χ0n) is 15.8. The third kappa shape index (κ3) is 4.72. The Morgan fingerprint density at radius 1 is 1.10 bits per heavy atom. The van der Waals surface area contributed by atoms with Gasteiger partial charge in [-0.15, -0.1) is 0 Å². The predicted molar refractivity (Wildman–Crippen MR) is 106 cm³/mol. The average Bonchev–Trinajstić information content (AvgIpc) is 2.95. The Bertz CT molecular complexity index is 1080. The van der Waals surface area contributed by atoms with Crippen LogP contribution in [0.2, 0.25) is 0 Å². The van der Waals surface area contributed by atoms with Gasteiger partial charge in [0.25, 0.3) is 21.8 Å². The molecule has 0 saturated carbocycles. The van der Waals surface area contributed by atoms with E-state index in [1.54, 1.807) is 30.3 Å². The fourth-order valence-electron chi connectivity index (χ4n) is 2.62. The Balaban J connectivity index is 1.55. The normalized spacial score (nSPS) is 16.4. The second-order valence-electron chi connectivity index (χ2n) is 6.35. The number of hydrazine groups is 1. The molecule has 2 aromatic carbocycles. The molecule has 152 valence electrons. The Hall–Kier alpha value is -3.40. The maximum Gasteiger partial charge on any atom is 0.276 e. The second kappa shape index (κ2) is 8.31. The number of nitrogens with zero attached hydrogens (tertiary/aromatic N) is 1. The number of hydrogen-bond donors (Lipinski definition) is 3. The van der Waals surface area contributed by atoms with Gasteiger partial charge in [0.05, 0.1) is 4.90 Å². The smallest absolute Gasteiger partial charge is 0.276 e. The topological polar surface area (TPSA) is 126 Å². The van der Waals surface area contributed by atoms with Crippen LogP contribution in [0.1, 0.15) is 18.1 Å². The maximum atomic E-state index is 12.2. The van der Waals surface area contributed by atoms with Crippen LogP contribution in [0.3, 0.4) is 0 Å². The number of ether oxygens (including phenoxy) is 1. The van der Waals surface area contributed by atoms with Crippen LogP contribution in [0.5, 0.6) is 5.75 Å². The van der Waals surface area contributed by atoms with Crippen molar-refractivity contribution >= 4 is 27.7 Å². The van der Waals surface area contributed by atoms with Crippen LogP contribution in [0.25, 0.3) is 0 Å². The van der Waals surface area contributed by atoms with Gasteiger partial charge in [-0.1, -0.05) is 30.3 Å². The largest absolute Gasteiger partial charge is 0.483 e. The zero-order valence-corrected chi connectivity index (χ0v) is 16.6. The van der Waals surface area contributed by atoms with Crippen LogP contribution in [0.4, 0.5) is 0 Å². The fraction of sp³-hybridized carbons (Fsp3) is 0.211. The number of rotatable bonds is 5. The average molecular weight is 416 g/mol. The Morgan fingerprint density at radius 3 is 2.55 bits per heavy atom. The van der Waals surface area contributed by atoms with Gasteiger partial charge in [-0.25, -0.2) is 8.42 Å². The zero-order chi connectivity index (χ0) is 21.0. The quantitative estimate of drug-likeness (QED) is 0.617. The van der Waals surface area contributed by atoms with E-state index in [2.05, 4.69) is 20.6 Å². The SMILES string of the molecule is Cc1ccccc1OCC(=O)NNC(=O)[C@H](C)N=C1NS(=O)(=O)c2ccccc21. The number of amides is 2. The van der Waals surface area contributed by atoms with Crippen LogP contribution in [-0.4, -0.2) is 38.7 Å². The molecule has 1 atom stereocenters. The molecule has 0 saturated heterocycles. The van der Waals surface area contributed by atoms with Crippen molar-refractivity contribution in [2.45, 2.75) is 24.8 Å². The number of benzene rings is 2. The monoisotopic (exact) mass is 416 g/mol. The molecule has 0 radical (unpaired) electrons. The minimum atomic E-state index is -3.69. The van der Waals surface area contributed by atoms with E-state index in [1.807, 2.05) is 19.1 Å². The van der Waals surface area contributed by atoms with Crippen LogP contribution in [0.15, 0.2) is 58.4 Å². The van der Waals surface area contributed by atoms with Crippen molar-refractivity contribution in [1.82, 2.24) is 15.6 Å². The molecule has 0 aliphatic carbocycles. The lowest BCUT2D eigenvalue weighted by Gasteiger charge is -2.12. The lowest BCUT2D eigenvalue weighted by Crippen LogP contribution is -2.47. The number of carbonyl (C=O) groups is 2. The lowest BCUT2D eigenvalue weighted by molar-refractivity contribution is -0.130. The summed E-state index contributed by atoms with van der Waals surface area (Å²) < 4.78 is 31.9. The molecule has 9 nitrogen and oxygen atoms in total. The van der Waals surface area contributed by atoms with Gasteiger partial charge in [-0.05, 0) is 37.6 Å². The van der Waals surface area contributed by atoms with Crippen molar-refractivity contribution in [2.24, 2.45) is 4.99 Å². The highest BCUT2D eigenvalue weighted by molar-refractivity contribution is 7.90. The first-order valence-electron chi connectivity index (χ1n) is 8.75. The summed E-state index contributed by atoms with van der Waals surface area (Å²) >= 11 is 0. The highest BCUT2D eigenvalue weighted by Gasteiger charge is 2.31. The highest BCUT2D eigenvalue weighted by Crippen LogP contribution is 2.22. The van der Waals surface area contributed by atoms with Crippen molar-refractivity contribution in [2.75, 3.05) is 6.61 Å². The second-order valence-corrected chi connectivity index (χ2v) is 8.00. The van der Waals surface area contributed by atoms with Gasteiger partial charge in [0.2, 0.25) is 0 Å². The fourth-order valence-corrected chi connectivity index (χ4v) is 3.85. The summed E-state index contributed by atoms with van der Waals surface area (Å²) in [6, 6.07) is 12.6. The number of fused-ring (bicyclic) bond motifs is 1. The number of nitrogens with one attached hydrogen (secondary N) is 3. The molecule has 3 rings (SSSR count). The number of carbonyl (C=O) groups excluding carboxylic acids is 2. The molecule has 3 N–H and O–H groups in total. The van der Waals surface area contributed by atoms with Crippen LogP contribution in [-0.2, 0) is 19.6 Å². The molecule has 1 aliphatic rings. The molecule has 1 heterocycles. The first-order chi connectivity index (χ1) is 13.8. The molecule has 0 fully saturated rings. The first-order valence-corrected chi connectivity index (χ1v) is 10.2. The van der Waals surface area contributed by atoms with Crippen LogP contribution < -0.4 is 20.3 Å². The molecular weight excluding hydrogens is 396 g/mol. The first kappa shape index (κ1) is 20.3. The molecule has 10 heteroatoms. The van der Waals surface area contributed by atoms with Gasteiger partial charge in [0.1, 0.15) is 17.6 Å². The summed E-state index contributed by atoms with van der Waals surface area (Å²) in [5, 5.41) is 0. The summed E-state index contributed by atoms with van der Waals surface area (Å²) in [5.74, 6) is -0.503. The molecule has 29 heavy (non-hydrogen) atoms. The summed E-state index contributed by atoms with van der Waals surface area (Å²) in [6.07, 6.45) is 0. The van der Waals surface area contributed by atoms with Gasteiger partial charge in [-0.3, -0.25) is 30.2 Å². The van der Waals surface area contributed by atoms with Gasteiger partial charge in [0.15, 0.2) is 6.61 Å². The standard InChI is InChI=1S/C19H20N4O5S/c1-12-7-3-5-9-15(12)28-11-17(24)21-22-19(25)13(2)20-18-14-8-4-6-10-16(14)29(26,27)23-18/h3-10,13H,11H2,1-2H3,(H,20,23)(H,21,24)(H,22,25)/t13-/m0/s1. The van der Waals surface area contributed by atoms with Gasteiger partial charge < -0.3 is 4.74 Å². The summed E-state index contributed by atoms with van der Waals surface area (Å²) in [6.45, 7) is 3.06. The number of sulfonamides is 1. The highest BCUT2D eigenvalue weighted by atomic mass is 32.2. The molecule has 0 bridgehead atoms. The summed E-state index contributed by atoms with van der Waals surface area (Å²) in [4.78, 5) is 28.3. The molecule has 0 aromatic heterocycles. The van der Waals surface area contributed by atoms with E-state index >= 15 is 0 Å². The molecule has 1 aliphatic heterocycles. The Morgan fingerprint density at radius 2 is 1.79 bits per heavy atom. The van der Waals surface area contributed by atoms with Gasteiger partial charge in [-0.2, -0.15) is 0 Å². The van der Waals surface area contributed by atoms with Crippen molar-refractivity contribution in [3.8, 4) is 5.75 Å². The molecule has 2 aromatic rings. The van der Waals surface area contributed by atoms with E-state index in [4.69, 9.17) is 4.74 Å². The van der Waals surface area contributed by atoms with Crippen molar-refractivity contribution in [3.63, 3.8) is 0 Å². The van der Waals surface area contributed by atoms with Crippen molar-refractivity contribution < 1.29 is 22.7 Å². The number of amidine groups is 1. The van der Waals surface area contributed by atoms with Crippen molar-refractivity contribution in [3.05, 3.63) is 59.7 Å². The van der Waals surface area contributed by atoms with Gasteiger partial charge in [0, 0.05) is 5.56 Å². The Labute approximate surface area is 168 Å². The number of para-hydroxylation sites is 1. The molecule has 2 amide bonds. The molecular formula is C19H20N4O5S. The van der Waals surface area contributed by atoms with E-state index in [0.717, 1.165) is 5.56 Å². The summed E-state index contributed by atoms with van der Waals surface area (Å²) in [5.41, 5.74) is 5.76. The minimum absolute atomic E-state index is 0.0810. The number of aryl methyl sites for hydroxylation is 1. The van der Waals surface area contributed by atoms with E-state index in [9.17, 15) is 18.0 Å². The molecule has 0 unspecified atom stereocenters. The van der Waals surface area contributed by atoms with Crippen LogP contribution >= 0.6 is 0 Å². The van der Waals surface area contributed by atoms with Crippen molar-refractivity contribution in [1.29, 1.82) is 0 Å². The summed E-state index contributed by atoms with van der Waals surface area (Å²) in [7, 11) is -3.69. The maximum absolute atomic E-state index is 12.2. The van der Waals surface area contributed by atoms with Crippen LogP contribution in [0, 0.1) is 6.92 Å². The van der Waals surface area contributed by atoms with E-state index < -0.39 is 27.9 Å². The third-order valence-electron chi connectivity index (χ3n) is 4.14. The number of hydrogen-bond acceptors (Lipinski definition) is 6. The minimum Gasteiger partial charge on any atom is -0.483 e. The Kier molecular flexibility index (Phi) is 5.83.